The van der Waals surface area contributed by atoms with Crippen molar-refractivity contribution in [3.63, 3.8) is 0 Å². The van der Waals surface area contributed by atoms with Crippen LogP contribution in [0.5, 0.6) is 11.5 Å². The van der Waals surface area contributed by atoms with Crippen LogP contribution >= 0.6 is 0 Å². The van der Waals surface area contributed by atoms with Crippen LogP contribution < -0.4 is 30.6 Å². The lowest BCUT2D eigenvalue weighted by Crippen LogP contribution is -2.46. The molecule has 41 heavy (non-hydrogen) atoms. The molecule has 3 aromatic carbocycles. The van der Waals surface area contributed by atoms with Gasteiger partial charge < -0.3 is 34.3 Å². The van der Waals surface area contributed by atoms with Crippen LogP contribution in [-0.4, -0.2) is 57.0 Å². The summed E-state index contributed by atoms with van der Waals surface area (Å²) in [5, 5.41) is 7.61. The topological polar surface area (TPSA) is 111 Å². The predicted octanol–water partition coefficient (Wildman–Crippen LogP) is 3.99. The summed E-state index contributed by atoms with van der Waals surface area (Å²) in [6.07, 6.45) is 1.66. The van der Waals surface area contributed by atoms with Crippen LogP contribution in [0.2, 0.25) is 0 Å². The van der Waals surface area contributed by atoms with Gasteiger partial charge in [-0.05, 0) is 64.9 Å². The lowest BCUT2D eigenvalue weighted by molar-refractivity contribution is -0.118. The van der Waals surface area contributed by atoms with Gasteiger partial charge in [-0.2, -0.15) is 0 Å². The number of methoxy groups -OCH3 is 3. The van der Waals surface area contributed by atoms with Crippen LogP contribution in [0, 0.1) is 0 Å². The van der Waals surface area contributed by atoms with E-state index in [2.05, 4.69) is 10.6 Å². The Labute approximate surface area is 237 Å². The highest BCUT2D eigenvalue weighted by Gasteiger charge is 2.43. The molecule has 2 atom stereocenters. The number of rotatable bonds is 9. The first-order valence-corrected chi connectivity index (χ1v) is 13.2. The second kappa shape index (κ2) is 12.1. The molecule has 1 aliphatic rings. The van der Waals surface area contributed by atoms with Gasteiger partial charge in [0.1, 0.15) is 23.2 Å². The van der Waals surface area contributed by atoms with Crippen molar-refractivity contribution in [3.8, 4) is 11.5 Å². The van der Waals surface area contributed by atoms with Crippen molar-refractivity contribution in [3.05, 3.63) is 94.9 Å². The van der Waals surface area contributed by atoms with E-state index >= 15 is 0 Å². The van der Waals surface area contributed by atoms with Crippen molar-refractivity contribution < 1.29 is 23.8 Å². The largest absolute Gasteiger partial charge is 0.497 e. The van der Waals surface area contributed by atoms with Gasteiger partial charge >= 0.3 is 6.03 Å². The van der Waals surface area contributed by atoms with Crippen LogP contribution in [0.4, 0.5) is 16.2 Å². The summed E-state index contributed by atoms with van der Waals surface area (Å²) in [5.74, 6) is 0.646. The third kappa shape index (κ3) is 5.87. The minimum Gasteiger partial charge on any atom is -0.497 e. The Morgan fingerprint density at radius 2 is 1.61 bits per heavy atom. The van der Waals surface area contributed by atoms with Crippen LogP contribution in [-0.2, 0) is 16.1 Å². The molecule has 10 heteroatoms. The van der Waals surface area contributed by atoms with E-state index in [0.29, 0.717) is 24.6 Å². The maximum Gasteiger partial charge on any atom is 0.319 e. The molecule has 3 amide bonds. The number of nitrogens with one attached hydrogen (secondary N) is 2. The van der Waals surface area contributed by atoms with E-state index in [4.69, 9.17) is 14.2 Å². The summed E-state index contributed by atoms with van der Waals surface area (Å²) in [6, 6.07) is 20.5. The van der Waals surface area contributed by atoms with E-state index in [1.165, 1.54) is 9.47 Å². The molecule has 1 aromatic heterocycles. The van der Waals surface area contributed by atoms with Crippen LogP contribution in [0.15, 0.2) is 83.8 Å². The standard InChI is InChI=1S/C31H32N4O6/c1-39-16-15-34-14-4-5-27(29(34)36)35-19-26(20-7-11-24(40-2)12-8-20)28(30(35)37)33-31(38)32-23-10-6-22-18-25(41-3)13-9-21(22)17-23/h4-14,17-18,26,28H,15-16,19H2,1-3H3,(H2,32,33,38)/t26-,28?/m0/s1. The third-order valence-electron chi connectivity index (χ3n) is 7.28. The Hall–Kier alpha value is -4.83. The van der Waals surface area contributed by atoms with E-state index in [1.807, 2.05) is 54.6 Å². The van der Waals surface area contributed by atoms with Gasteiger partial charge in [0.05, 0.1) is 20.8 Å². The lowest BCUT2D eigenvalue weighted by Gasteiger charge is -2.19. The van der Waals surface area contributed by atoms with Gasteiger partial charge in [-0.3, -0.25) is 9.59 Å². The number of amides is 3. The Balaban J connectivity index is 1.41. The number of ether oxygens (including phenoxy) is 3. The molecule has 0 saturated carbocycles. The minimum absolute atomic E-state index is 0.220. The Morgan fingerprint density at radius 1 is 0.902 bits per heavy atom. The van der Waals surface area contributed by atoms with Crippen LogP contribution in [0.3, 0.4) is 0 Å². The second-order valence-corrected chi connectivity index (χ2v) is 9.72. The SMILES string of the molecule is COCCn1cccc(N2C[C@@H](c3ccc(OC)cc3)C(NC(=O)Nc3ccc4cc(OC)ccc4c3)C2=O)c1=O. The first-order valence-electron chi connectivity index (χ1n) is 13.2. The first-order chi connectivity index (χ1) is 19.9. The van der Waals surface area contributed by atoms with E-state index in [1.54, 1.807) is 45.7 Å². The Morgan fingerprint density at radius 3 is 2.34 bits per heavy atom. The zero-order chi connectivity index (χ0) is 28.9. The predicted molar refractivity (Wildman–Crippen MR) is 157 cm³/mol. The van der Waals surface area contributed by atoms with Gasteiger partial charge in [0, 0.05) is 38.0 Å². The molecule has 0 aliphatic carbocycles. The van der Waals surface area contributed by atoms with Gasteiger partial charge in [-0.15, -0.1) is 0 Å². The molecule has 1 aliphatic heterocycles. The summed E-state index contributed by atoms with van der Waals surface area (Å²) >= 11 is 0. The highest BCUT2D eigenvalue weighted by molar-refractivity contribution is 6.04. The fourth-order valence-electron chi connectivity index (χ4n) is 5.09. The van der Waals surface area contributed by atoms with Crippen molar-refractivity contribution in [1.82, 2.24) is 9.88 Å². The average Bonchev–Trinajstić information content (AvgIpc) is 3.31. The summed E-state index contributed by atoms with van der Waals surface area (Å²) < 4.78 is 17.2. The number of carbonyl (C=O) groups is 2. The zero-order valence-electron chi connectivity index (χ0n) is 23.1. The molecular formula is C31H32N4O6. The van der Waals surface area contributed by atoms with Gasteiger partial charge in [0.15, 0.2) is 0 Å². The second-order valence-electron chi connectivity index (χ2n) is 9.72. The number of aromatic nitrogens is 1. The number of hydrogen-bond acceptors (Lipinski definition) is 6. The number of anilines is 2. The van der Waals surface area contributed by atoms with E-state index in [-0.39, 0.29) is 23.7 Å². The minimum atomic E-state index is -0.903. The van der Waals surface area contributed by atoms with E-state index in [0.717, 1.165) is 22.1 Å². The Kier molecular flexibility index (Phi) is 8.21. The fourth-order valence-corrected chi connectivity index (χ4v) is 5.09. The molecule has 1 fully saturated rings. The Bertz CT molecular complexity index is 1620. The van der Waals surface area contributed by atoms with Gasteiger partial charge in [-0.25, -0.2) is 4.79 Å². The molecule has 0 spiro atoms. The number of urea groups is 1. The summed E-state index contributed by atoms with van der Waals surface area (Å²) in [6.45, 7) is 0.936. The monoisotopic (exact) mass is 556 g/mol. The summed E-state index contributed by atoms with van der Waals surface area (Å²) in [5.41, 5.74) is 1.36. The number of fused-ring (bicyclic) bond motifs is 1. The number of carbonyl (C=O) groups excluding carboxylic acids is 2. The molecule has 0 radical (unpaired) electrons. The number of nitrogens with zero attached hydrogens (tertiary/aromatic N) is 2. The molecule has 1 unspecified atom stereocenters. The van der Waals surface area contributed by atoms with Crippen molar-refractivity contribution >= 4 is 34.1 Å². The number of pyridine rings is 1. The van der Waals surface area contributed by atoms with E-state index < -0.39 is 18.0 Å². The number of benzene rings is 3. The normalized spacial score (nSPS) is 16.6. The lowest BCUT2D eigenvalue weighted by atomic mass is 9.94. The van der Waals surface area contributed by atoms with Crippen LogP contribution in [0.25, 0.3) is 10.8 Å². The van der Waals surface area contributed by atoms with Crippen molar-refractivity contribution in [1.29, 1.82) is 0 Å². The molecule has 2 N–H and O–H groups in total. The molecule has 2 heterocycles. The van der Waals surface area contributed by atoms with E-state index in [9.17, 15) is 14.4 Å². The molecule has 4 aromatic rings. The van der Waals surface area contributed by atoms with Crippen molar-refractivity contribution in [2.45, 2.75) is 18.5 Å². The smallest absolute Gasteiger partial charge is 0.319 e. The quantitative estimate of drug-likeness (QED) is 0.323. The van der Waals surface area contributed by atoms with Gasteiger partial charge in [0.2, 0.25) is 0 Å². The number of hydrogen-bond donors (Lipinski definition) is 2. The van der Waals surface area contributed by atoms with Crippen molar-refractivity contribution in [2.24, 2.45) is 0 Å². The maximum atomic E-state index is 13.8. The average molecular weight is 557 g/mol. The zero-order valence-corrected chi connectivity index (χ0v) is 23.1. The van der Waals surface area contributed by atoms with Crippen molar-refractivity contribution in [2.75, 3.05) is 44.7 Å². The molecule has 10 nitrogen and oxygen atoms in total. The first kappa shape index (κ1) is 27.7. The summed E-state index contributed by atoms with van der Waals surface area (Å²) in [4.78, 5) is 41.7. The fraction of sp³-hybridized carbons (Fsp3) is 0.258. The molecule has 212 valence electrons. The summed E-state index contributed by atoms with van der Waals surface area (Å²) in [7, 11) is 4.76. The maximum absolute atomic E-state index is 13.8. The van der Waals surface area contributed by atoms with Gasteiger partial charge in [-0.1, -0.05) is 24.3 Å². The molecule has 5 rings (SSSR count). The van der Waals surface area contributed by atoms with Gasteiger partial charge in [0.25, 0.3) is 11.5 Å². The third-order valence-corrected chi connectivity index (χ3v) is 7.28. The van der Waals surface area contributed by atoms with Crippen LogP contribution in [0.1, 0.15) is 11.5 Å². The highest BCUT2D eigenvalue weighted by Crippen LogP contribution is 2.32. The highest BCUT2D eigenvalue weighted by atomic mass is 16.5. The molecular weight excluding hydrogens is 524 g/mol. The molecule has 1 saturated heterocycles. The molecule has 0 bridgehead atoms.